The first-order valence-electron chi connectivity index (χ1n) is 1.94. The third-order valence-corrected chi connectivity index (χ3v) is 0.723. The molecule has 0 fully saturated rings. The Kier molecular flexibility index (Phi) is 4.38. The maximum atomic E-state index is 10.2. The van der Waals surface area contributed by atoms with Crippen LogP contribution in [-0.4, -0.2) is 18.4 Å². The zero-order chi connectivity index (χ0) is 6.41. The van der Waals surface area contributed by atoms with Crippen LogP contribution in [-0.2, 0) is 9.53 Å². The number of ether oxygens (including phenoxy) is 1. The number of carbonyl (C=O) groups is 1. The van der Waals surface area contributed by atoms with Crippen LogP contribution >= 0.6 is 15.9 Å². The monoisotopic (exact) mass is 176 g/mol. The summed E-state index contributed by atoms with van der Waals surface area (Å²) >= 11 is 3.03. The van der Waals surface area contributed by atoms with Crippen molar-refractivity contribution in [3.05, 3.63) is 0 Å². The summed E-state index contributed by atoms with van der Waals surface area (Å²) in [5, 5.41) is 0.502. The highest BCUT2D eigenvalue weighted by molar-refractivity contribution is 9.09. The molecule has 0 saturated carbocycles. The smallest absolute Gasteiger partial charge is 0.384 e. The van der Waals surface area contributed by atoms with Crippen LogP contribution in [0.3, 0.4) is 0 Å². The van der Waals surface area contributed by atoms with E-state index < -0.39 is 5.97 Å². The van der Waals surface area contributed by atoms with Gasteiger partial charge in [-0.15, -0.1) is 0 Å². The van der Waals surface area contributed by atoms with Gasteiger partial charge in [0.25, 0.3) is 0 Å². The van der Waals surface area contributed by atoms with Crippen LogP contribution in [0.25, 0.3) is 0 Å². The molecule has 0 aromatic carbocycles. The van der Waals surface area contributed by atoms with E-state index in [0.717, 1.165) is 0 Å². The minimum absolute atomic E-state index is 0.496. The molecule has 0 amide bonds. The van der Waals surface area contributed by atoms with E-state index in [9.17, 15) is 4.79 Å². The quantitative estimate of drug-likeness (QED) is 0.234. The highest BCUT2D eigenvalue weighted by Gasteiger charge is 1.85. The largest absolute Gasteiger partial charge is 0.459 e. The summed E-state index contributed by atoms with van der Waals surface area (Å²) in [5.74, 6) is 4.22. The molecule has 0 bridgehead atoms. The van der Waals surface area contributed by atoms with Crippen molar-refractivity contribution in [2.24, 2.45) is 0 Å². The molecular weight excluding hydrogens is 172 g/mol. The SMILES string of the molecule is COC(=O)C#CCBr. The summed E-state index contributed by atoms with van der Waals surface area (Å²) in [6, 6.07) is 0. The molecule has 0 N–H and O–H groups in total. The van der Waals surface area contributed by atoms with Crippen LogP contribution in [0, 0.1) is 11.8 Å². The van der Waals surface area contributed by atoms with E-state index >= 15 is 0 Å². The van der Waals surface area contributed by atoms with Crippen molar-refractivity contribution < 1.29 is 9.53 Å². The number of hydrogen-bond donors (Lipinski definition) is 0. The molecule has 0 aromatic heterocycles. The van der Waals surface area contributed by atoms with Crippen molar-refractivity contribution in [3.63, 3.8) is 0 Å². The fraction of sp³-hybridized carbons (Fsp3) is 0.400. The van der Waals surface area contributed by atoms with E-state index in [4.69, 9.17) is 0 Å². The normalized spacial score (nSPS) is 6.75. The molecule has 0 radical (unpaired) electrons. The molecule has 0 unspecified atom stereocenters. The van der Waals surface area contributed by atoms with Gasteiger partial charge in [-0.3, -0.25) is 0 Å². The molecule has 0 aromatic rings. The molecule has 0 spiro atoms. The van der Waals surface area contributed by atoms with Gasteiger partial charge < -0.3 is 4.74 Å². The number of esters is 1. The number of methoxy groups -OCH3 is 1. The minimum atomic E-state index is -0.496. The lowest BCUT2D eigenvalue weighted by molar-refractivity contribution is -0.133. The second-order valence-corrected chi connectivity index (χ2v) is 1.49. The Morgan fingerprint density at radius 1 is 1.88 bits per heavy atom. The predicted molar refractivity (Wildman–Crippen MR) is 33.6 cm³/mol. The molecule has 3 heteroatoms. The Bertz CT molecular complexity index is 131. The number of carbonyl (C=O) groups excluding carboxylic acids is 1. The van der Waals surface area contributed by atoms with Crippen molar-refractivity contribution in [1.29, 1.82) is 0 Å². The third-order valence-electron chi connectivity index (χ3n) is 0.443. The molecule has 0 aliphatic heterocycles. The van der Waals surface area contributed by atoms with E-state index in [-0.39, 0.29) is 0 Å². The Labute approximate surface area is 56.3 Å². The number of halogens is 1. The number of alkyl halides is 1. The Morgan fingerprint density at radius 2 is 2.50 bits per heavy atom. The van der Waals surface area contributed by atoms with Crippen molar-refractivity contribution >= 4 is 21.9 Å². The van der Waals surface area contributed by atoms with Gasteiger partial charge >= 0.3 is 5.97 Å². The second kappa shape index (κ2) is 4.66. The number of hydrogen-bond acceptors (Lipinski definition) is 2. The summed E-state index contributed by atoms with van der Waals surface area (Å²) in [7, 11) is 1.30. The first-order valence-corrected chi connectivity index (χ1v) is 3.06. The Balaban J connectivity index is 3.52. The molecule has 0 aliphatic carbocycles. The lowest BCUT2D eigenvalue weighted by atomic mass is 10.6. The molecule has 0 aliphatic rings. The Morgan fingerprint density at radius 3 is 2.88 bits per heavy atom. The highest BCUT2D eigenvalue weighted by Crippen LogP contribution is 1.73. The molecule has 0 heterocycles. The standard InChI is InChI=1S/C5H5BrO2/c1-8-5(7)3-2-4-6/h4H2,1H3. The molecular formula is C5H5BrO2. The third kappa shape index (κ3) is 3.69. The first-order chi connectivity index (χ1) is 3.81. The van der Waals surface area contributed by atoms with Gasteiger partial charge in [0.15, 0.2) is 0 Å². The van der Waals surface area contributed by atoms with Crippen molar-refractivity contribution in [1.82, 2.24) is 0 Å². The zero-order valence-corrected chi connectivity index (χ0v) is 5.99. The lowest BCUT2D eigenvalue weighted by Gasteiger charge is -1.81. The minimum Gasteiger partial charge on any atom is -0.459 e. The van der Waals surface area contributed by atoms with Gasteiger partial charge in [0.1, 0.15) is 0 Å². The van der Waals surface area contributed by atoms with E-state index in [1.54, 1.807) is 0 Å². The van der Waals surface area contributed by atoms with Crippen LogP contribution in [0.15, 0.2) is 0 Å². The van der Waals surface area contributed by atoms with E-state index in [1.807, 2.05) is 0 Å². The van der Waals surface area contributed by atoms with Crippen molar-refractivity contribution in [3.8, 4) is 11.8 Å². The van der Waals surface area contributed by atoms with Crippen molar-refractivity contribution in [2.75, 3.05) is 12.4 Å². The summed E-state index contributed by atoms with van der Waals surface area (Å²) in [6.07, 6.45) is 0. The fourth-order valence-electron chi connectivity index (χ4n) is 0.157. The van der Waals surface area contributed by atoms with Gasteiger partial charge in [-0.05, 0) is 0 Å². The zero-order valence-electron chi connectivity index (χ0n) is 4.40. The summed E-state index contributed by atoms with van der Waals surface area (Å²) in [4.78, 5) is 10.2. The van der Waals surface area contributed by atoms with Gasteiger partial charge in [-0.2, -0.15) is 0 Å². The maximum absolute atomic E-state index is 10.2. The Hall–Kier alpha value is -0.490. The van der Waals surface area contributed by atoms with Crippen LogP contribution in [0.1, 0.15) is 0 Å². The van der Waals surface area contributed by atoms with E-state index in [2.05, 4.69) is 32.5 Å². The lowest BCUT2D eigenvalue weighted by Crippen LogP contribution is -1.93. The van der Waals surface area contributed by atoms with Crippen LogP contribution in [0.5, 0.6) is 0 Å². The first kappa shape index (κ1) is 7.51. The van der Waals surface area contributed by atoms with Gasteiger partial charge in [0.2, 0.25) is 0 Å². The average molecular weight is 177 g/mol. The van der Waals surface area contributed by atoms with Gasteiger partial charge in [-0.25, -0.2) is 4.79 Å². The molecule has 2 nitrogen and oxygen atoms in total. The van der Waals surface area contributed by atoms with Crippen molar-refractivity contribution in [2.45, 2.75) is 0 Å². The molecule has 44 valence electrons. The van der Waals surface area contributed by atoms with E-state index in [1.165, 1.54) is 7.11 Å². The number of rotatable bonds is 0. The highest BCUT2D eigenvalue weighted by atomic mass is 79.9. The molecule has 0 saturated heterocycles. The summed E-state index contributed by atoms with van der Waals surface area (Å²) < 4.78 is 4.22. The maximum Gasteiger partial charge on any atom is 0.384 e. The van der Waals surface area contributed by atoms with Gasteiger partial charge in [-0.1, -0.05) is 21.9 Å². The average Bonchev–Trinajstić information content (AvgIpc) is 1.83. The van der Waals surface area contributed by atoms with Crippen LogP contribution in [0.2, 0.25) is 0 Å². The topological polar surface area (TPSA) is 26.3 Å². The summed E-state index contributed by atoms with van der Waals surface area (Å²) in [6.45, 7) is 0. The van der Waals surface area contributed by atoms with Crippen LogP contribution in [0.4, 0.5) is 0 Å². The molecule has 8 heavy (non-hydrogen) atoms. The second-order valence-electron chi connectivity index (χ2n) is 0.927. The van der Waals surface area contributed by atoms with Crippen LogP contribution < -0.4 is 0 Å². The summed E-state index contributed by atoms with van der Waals surface area (Å²) in [5.41, 5.74) is 0. The predicted octanol–water partition coefficient (Wildman–Crippen LogP) is 0.558. The molecule has 0 atom stereocenters. The van der Waals surface area contributed by atoms with Gasteiger partial charge in [0, 0.05) is 5.92 Å². The van der Waals surface area contributed by atoms with E-state index in [0.29, 0.717) is 5.33 Å². The fourth-order valence-corrected chi connectivity index (χ4v) is 0.297. The van der Waals surface area contributed by atoms with Gasteiger partial charge in [0.05, 0.1) is 12.4 Å². The molecule has 0 rings (SSSR count).